The second-order valence-corrected chi connectivity index (χ2v) is 12.0. The van der Waals surface area contributed by atoms with E-state index in [-0.39, 0.29) is 30.1 Å². The molecule has 2 aromatic heterocycles. The van der Waals surface area contributed by atoms with Gasteiger partial charge in [-0.15, -0.1) is 0 Å². The van der Waals surface area contributed by atoms with E-state index in [0.717, 1.165) is 16.7 Å². The van der Waals surface area contributed by atoms with Crippen molar-refractivity contribution in [1.82, 2.24) is 24.4 Å². The van der Waals surface area contributed by atoms with Crippen LogP contribution < -0.4 is 10.1 Å². The minimum absolute atomic E-state index is 0.0863. The maximum Gasteiger partial charge on any atom is 0.247 e. The lowest BCUT2D eigenvalue weighted by atomic mass is 9.75. The lowest BCUT2D eigenvalue weighted by Gasteiger charge is -2.50. The van der Waals surface area contributed by atoms with Crippen LogP contribution in [-0.4, -0.2) is 55.6 Å². The maximum atomic E-state index is 12.7. The number of nitrogens with zero attached hydrogens (tertiary/aromatic N) is 6. The molecule has 3 aromatic carbocycles. The van der Waals surface area contributed by atoms with E-state index >= 15 is 0 Å². The van der Waals surface area contributed by atoms with Gasteiger partial charge in [0, 0.05) is 19.0 Å². The average Bonchev–Trinajstić information content (AvgIpc) is 3.51. The summed E-state index contributed by atoms with van der Waals surface area (Å²) in [6, 6.07) is 33.6. The number of nitrogens with one attached hydrogen (secondary N) is 1. The molecule has 0 spiro atoms. The number of amides is 1. The molecule has 1 saturated heterocycles. The lowest BCUT2D eigenvalue weighted by Crippen LogP contribution is -2.56. The number of benzene rings is 3. The normalized spacial score (nSPS) is 17.7. The summed E-state index contributed by atoms with van der Waals surface area (Å²) in [4.78, 5) is 28.9. The van der Waals surface area contributed by atoms with Crippen LogP contribution in [0.15, 0.2) is 97.3 Å². The number of aromatic nitrogens is 4. The fourth-order valence-electron chi connectivity index (χ4n) is 6.19. The zero-order valence-electron chi connectivity index (χ0n) is 26.8. The fourth-order valence-corrected chi connectivity index (χ4v) is 6.19. The van der Waals surface area contributed by atoms with E-state index in [0.29, 0.717) is 24.3 Å². The number of nitriles is 1. The van der Waals surface area contributed by atoms with Crippen molar-refractivity contribution in [2.75, 3.05) is 18.4 Å². The highest BCUT2D eigenvalue weighted by Gasteiger charge is 2.46. The summed E-state index contributed by atoms with van der Waals surface area (Å²) in [6.07, 6.45) is 0.399. The van der Waals surface area contributed by atoms with Crippen molar-refractivity contribution in [3.63, 3.8) is 0 Å². The van der Waals surface area contributed by atoms with Gasteiger partial charge in [-0.05, 0) is 30.5 Å². The standard InChI is InChI=1S/C37H38N7O3/c1-25(2)34(45)41-36-40-33-32(35(42-36)47-26(3)20-21-38)39-24-44(33)31-23-43(22-27(4)46-31)37(28-14-8-5-9-15-28,29-16-10-6-11-17-29)30-18-12-7-13-19-30/h5-19,24-27,31H,4,20,22-23H2,1-3H3,(H,40,41,42,45)/t26-,27+,31-/m1/s1. The predicted octanol–water partition coefficient (Wildman–Crippen LogP) is 6.13. The molecule has 10 heteroatoms. The summed E-state index contributed by atoms with van der Waals surface area (Å²) in [5.74, 6) is -0.252. The molecule has 1 amide bonds. The first-order chi connectivity index (χ1) is 22.8. The number of ether oxygens (including phenoxy) is 2. The molecular weight excluding hydrogens is 590 g/mol. The summed E-state index contributed by atoms with van der Waals surface area (Å²) < 4.78 is 14.4. The number of hydrogen-bond donors (Lipinski definition) is 1. The topological polar surface area (TPSA) is 118 Å². The van der Waals surface area contributed by atoms with Crippen molar-refractivity contribution in [2.45, 2.75) is 51.2 Å². The summed E-state index contributed by atoms with van der Waals surface area (Å²) in [7, 11) is 0. The molecule has 10 nitrogen and oxygen atoms in total. The fraction of sp³-hybridized carbons (Fsp3) is 0.297. The first kappa shape index (κ1) is 31.9. The van der Waals surface area contributed by atoms with E-state index in [9.17, 15) is 10.1 Å². The molecule has 0 aliphatic carbocycles. The van der Waals surface area contributed by atoms with Gasteiger partial charge >= 0.3 is 0 Å². The Morgan fingerprint density at radius 1 is 0.979 bits per heavy atom. The van der Waals surface area contributed by atoms with Gasteiger partial charge in [0.1, 0.15) is 12.3 Å². The molecule has 1 fully saturated rings. The molecule has 0 bridgehead atoms. The van der Waals surface area contributed by atoms with E-state index in [1.807, 2.05) is 22.8 Å². The van der Waals surface area contributed by atoms with Crippen LogP contribution in [0.1, 0.15) is 50.1 Å². The van der Waals surface area contributed by atoms with Gasteiger partial charge in [0.15, 0.2) is 11.2 Å². The molecule has 1 aliphatic rings. The van der Waals surface area contributed by atoms with Crippen LogP contribution >= 0.6 is 0 Å². The van der Waals surface area contributed by atoms with Gasteiger partial charge in [-0.2, -0.15) is 15.2 Å². The van der Waals surface area contributed by atoms with E-state index in [1.165, 1.54) is 0 Å². The Kier molecular flexibility index (Phi) is 9.29. The SMILES string of the molecule is [CH2][C@H]1CN(C(c2ccccc2)(c2ccccc2)c2ccccc2)C[C@H](n2cnc3c(O[C@H](C)CC#N)nc(NC(=O)C(C)C)nc32)O1. The van der Waals surface area contributed by atoms with Gasteiger partial charge in [0.05, 0.1) is 30.5 Å². The van der Waals surface area contributed by atoms with Gasteiger partial charge in [-0.3, -0.25) is 19.6 Å². The Morgan fingerprint density at radius 2 is 1.55 bits per heavy atom. The molecule has 3 atom stereocenters. The third kappa shape index (κ3) is 6.32. The quantitative estimate of drug-likeness (QED) is 0.184. The zero-order chi connectivity index (χ0) is 33.0. The number of imidazole rings is 1. The third-order valence-electron chi connectivity index (χ3n) is 8.35. The van der Waals surface area contributed by atoms with Crippen molar-refractivity contribution in [3.05, 3.63) is 121 Å². The molecular formula is C37H38N7O3. The summed E-state index contributed by atoms with van der Waals surface area (Å²) in [5, 5.41) is 12.0. The van der Waals surface area contributed by atoms with Gasteiger partial charge < -0.3 is 9.47 Å². The zero-order valence-corrected chi connectivity index (χ0v) is 26.8. The molecule has 3 heterocycles. The number of hydrogen-bond acceptors (Lipinski definition) is 8. The van der Waals surface area contributed by atoms with Gasteiger partial charge in [-0.25, -0.2) is 4.98 Å². The number of rotatable bonds is 10. The van der Waals surface area contributed by atoms with Crippen molar-refractivity contribution in [2.24, 2.45) is 5.92 Å². The minimum atomic E-state index is -0.676. The molecule has 1 N–H and O–H groups in total. The maximum absolute atomic E-state index is 12.7. The number of fused-ring (bicyclic) bond motifs is 1. The molecule has 239 valence electrons. The number of morpholine rings is 1. The van der Waals surface area contributed by atoms with Crippen LogP contribution in [0.5, 0.6) is 5.88 Å². The highest BCUT2D eigenvalue weighted by molar-refractivity contribution is 5.91. The van der Waals surface area contributed by atoms with Gasteiger partial charge in [0.2, 0.25) is 17.7 Å². The summed E-state index contributed by atoms with van der Waals surface area (Å²) in [5.41, 5.74) is 3.50. The van der Waals surface area contributed by atoms with Crippen molar-refractivity contribution < 1.29 is 14.3 Å². The number of anilines is 1. The van der Waals surface area contributed by atoms with Crippen LogP contribution in [-0.2, 0) is 15.1 Å². The lowest BCUT2D eigenvalue weighted by molar-refractivity contribution is -0.119. The second kappa shape index (κ2) is 13.7. The Hall–Kier alpha value is -5.11. The molecule has 0 saturated carbocycles. The van der Waals surface area contributed by atoms with E-state index in [2.05, 4.69) is 106 Å². The first-order valence-electron chi connectivity index (χ1n) is 15.8. The van der Waals surface area contributed by atoms with Crippen molar-refractivity contribution >= 4 is 23.0 Å². The monoisotopic (exact) mass is 628 g/mol. The Morgan fingerprint density at radius 3 is 2.09 bits per heavy atom. The van der Waals surface area contributed by atoms with Crippen LogP contribution in [0.3, 0.4) is 0 Å². The minimum Gasteiger partial charge on any atom is -0.472 e. The smallest absolute Gasteiger partial charge is 0.247 e. The molecule has 5 aromatic rings. The molecule has 47 heavy (non-hydrogen) atoms. The van der Waals surface area contributed by atoms with Crippen molar-refractivity contribution in [3.8, 4) is 11.9 Å². The second-order valence-electron chi connectivity index (χ2n) is 12.0. The molecule has 1 aliphatic heterocycles. The van der Waals surface area contributed by atoms with Crippen LogP contribution in [0.25, 0.3) is 11.2 Å². The van der Waals surface area contributed by atoms with Gasteiger partial charge in [-0.1, -0.05) is 105 Å². The summed E-state index contributed by atoms with van der Waals surface area (Å²) >= 11 is 0. The van der Waals surface area contributed by atoms with Crippen molar-refractivity contribution in [1.29, 1.82) is 5.26 Å². The Balaban J connectivity index is 1.49. The highest BCUT2D eigenvalue weighted by Crippen LogP contribution is 2.45. The third-order valence-corrected chi connectivity index (χ3v) is 8.35. The van der Waals surface area contributed by atoms with E-state index in [1.54, 1.807) is 27.1 Å². The van der Waals surface area contributed by atoms with Crippen LogP contribution in [0.2, 0.25) is 0 Å². The summed E-state index contributed by atoms with van der Waals surface area (Å²) in [6.45, 7) is 10.8. The number of carbonyl (C=O) groups excluding carboxylic acids is 1. The van der Waals surface area contributed by atoms with Gasteiger partial charge in [0.25, 0.3) is 0 Å². The average molecular weight is 629 g/mol. The van der Waals surface area contributed by atoms with Crippen LogP contribution in [0, 0.1) is 24.2 Å². The molecule has 1 radical (unpaired) electrons. The van der Waals surface area contributed by atoms with E-state index < -0.39 is 24.0 Å². The molecule has 0 unspecified atom stereocenters. The first-order valence-corrected chi connectivity index (χ1v) is 15.8. The predicted molar refractivity (Wildman–Crippen MR) is 179 cm³/mol. The Labute approximate surface area is 275 Å². The van der Waals surface area contributed by atoms with Crippen LogP contribution in [0.4, 0.5) is 5.95 Å². The number of carbonyl (C=O) groups is 1. The van der Waals surface area contributed by atoms with E-state index in [4.69, 9.17) is 14.5 Å². The molecule has 6 rings (SSSR count). The highest BCUT2D eigenvalue weighted by atomic mass is 16.5. The largest absolute Gasteiger partial charge is 0.472 e. The Bertz CT molecular complexity index is 1760.